The van der Waals surface area contributed by atoms with Gasteiger partial charge in [0.05, 0.1) is 17.9 Å². The maximum Gasteiger partial charge on any atom is 0.181 e. The highest BCUT2D eigenvalue weighted by Gasteiger charge is 2.21. The summed E-state index contributed by atoms with van der Waals surface area (Å²) < 4.78 is 12.3. The van der Waals surface area contributed by atoms with Crippen molar-refractivity contribution in [3.8, 4) is 5.75 Å². The summed E-state index contributed by atoms with van der Waals surface area (Å²) >= 11 is 1.51. The molecule has 96 valence electrons. The van der Waals surface area contributed by atoms with Crippen molar-refractivity contribution in [3.05, 3.63) is 17.7 Å². The predicted octanol–water partition coefficient (Wildman–Crippen LogP) is 3.13. The molecule has 0 amide bonds. The van der Waals surface area contributed by atoms with Crippen LogP contribution in [0.1, 0.15) is 30.9 Å². The van der Waals surface area contributed by atoms with Crippen LogP contribution in [0.4, 0.5) is 5.13 Å². The van der Waals surface area contributed by atoms with Gasteiger partial charge in [-0.1, -0.05) is 17.4 Å². The average Bonchev–Trinajstić information content (AvgIpc) is 2.80. The molecule has 0 radical (unpaired) electrons. The van der Waals surface area contributed by atoms with Gasteiger partial charge < -0.3 is 15.2 Å². The minimum Gasteiger partial charge on any atom is -0.494 e. The van der Waals surface area contributed by atoms with Gasteiger partial charge in [-0.25, -0.2) is 4.98 Å². The molecule has 4 nitrogen and oxygen atoms in total. The smallest absolute Gasteiger partial charge is 0.181 e. The molecule has 5 heteroatoms. The zero-order chi connectivity index (χ0) is 12.5. The quantitative estimate of drug-likeness (QED) is 0.905. The van der Waals surface area contributed by atoms with E-state index in [4.69, 9.17) is 15.2 Å². The van der Waals surface area contributed by atoms with Gasteiger partial charge in [0.2, 0.25) is 0 Å². The number of methoxy groups -OCH3 is 1. The summed E-state index contributed by atoms with van der Waals surface area (Å²) in [7, 11) is 1.65. The van der Waals surface area contributed by atoms with Gasteiger partial charge in [0, 0.05) is 12.2 Å². The molecule has 1 unspecified atom stereocenters. The highest BCUT2D eigenvalue weighted by molar-refractivity contribution is 7.22. The van der Waals surface area contributed by atoms with Crippen molar-refractivity contribution in [1.82, 2.24) is 4.98 Å². The lowest BCUT2D eigenvalue weighted by atomic mass is 10.0. The van der Waals surface area contributed by atoms with E-state index in [0.29, 0.717) is 5.13 Å². The van der Waals surface area contributed by atoms with Gasteiger partial charge in [0.1, 0.15) is 11.3 Å². The highest BCUT2D eigenvalue weighted by Crippen LogP contribution is 2.39. The molecule has 3 rings (SSSR count). The fourth-order valence-electron chi connectivity index (χ4n) is 2.42. The predicted molar refractivity (Wildman–Crippen MR) is 73.1 cm³/mol. The Balaban J connectivity index is 2.11. The number of ether oxygens (including phenoxy) is 2. The maximum absolute atomic E-state index is 5.85. The van der Waals surface area contributed by atoms with Crippen molar-refractivity contribution in [2.45, 2.75) is 25.4 Å². The molecule has 1 atom stereocenters. The molecule has 0 bridgehead atoms. The van der Waals surface area contributed by atoms with Crippen LogP contribution >= 0.6 is 11.3 Å². The number of nitrogens with two attached hydrogens (primary N) is 1. The molecule has 18 heavy (non-hydrogen) atoms. The van der Waals surface area contributed by atoms with Crippen LogP contribution in [0.3, 0.4) is 0 Å². The van der Waals surface area contributed by atoms with E-state index in [9.17, 15) is 0 Å². The Bertz CT molecular complexity index is 561. The van der Waals surface area contributed by atoms with Crippen molar-refractivity contribution < 1.29 is 9.47 Å². The van der Waals surface area contributed by atoms with Crippen LogP contribution in [0.15, 0.2) is 12.1 Å². The summed E-state index contributed by atoms with van der Waals surface area (Å²) in [6, 6.07) is 4.03. The van der Waals surface area contributed by atoms with Crippen molar-refractivity contribution in [3.63, 3.8) is 0 Å². The number of nitrogens with zero attached hydrogens (tertiary/aromatic N) is 1. The third kappa shape index (κ3) is 1.93. The van der Waals surface area contributed by atoms with E-state index in [1.54, 1.807) is 7.11 Å². The first-order valence-electron chi connectivity index (χ1n) is 6.14. The normalized spacial score (nSPS) is 20.2. The Hall–Kier alpha value is -1.33. The molecule has 0 aliphatic carbocycles. The van der Waals surface area contributed by atoms with E-state index in [-0.39, 0.29) is 6.10 Å². The monoisotopic (exact) mass is 264 g/mol. The van der Waals surface area contributed by atoms with Crippen LogP contribution in [0.2, 0.25) is 0 Å². The molecule has 1 aliphatic heterocycles. The van der Waals surface area contributed by atoms with Crippen LogP contribution < -0.4 is 10.5 Å². The highest BCUT2D eigenvalue weighted by atomic mass is 32.1. The summed E-state index contributed by atoms with van der Waals surface area (Å²) in [4.78, 5) is 4.36. The molecular formula is C13H16N2O2S. The minimum atomic E-state index is 0.173. The topological polar surface area (TPSA) is 57.4 Å². The molecule has 1 aromatic carbocycles. The lowest BCUT2D eigenvalue weighted by Crippen LogP contribution is -2.11. The Morgan fingerprint density at radius 2 is 2.33 bits per heavy atom. The molecule has 2 aromatic rings. The van der Waals surface area contributed by atoms with Gasteiger partial charge >= 0.3 is 0 Å². The summed E-state index contributed by atoms with van der Waals surface area (Å²) in [5.74, 6) is 0.775. The molecule has 0 spiro atoms. The van der Waals surface area contributed by atoms with Crippen molar-refractivity contribution in [2.24, 2.45) is 0 Å². The van der Waals surface area contributed by atoms with Crippen molar-refractivity contribution >= 4 is 26.7 Å². The van der Waals surface area contributed by atoms with Gasteiger partial charge in [0.25, 0.3) is 0 Å². The molecule has 1 aliphatic rings. The number of anilines is 1. The van der Waals surface area contributed by atoms with Gasteiger partial charge in [-0.15, -0.1) is 0 Å². The molecular weight excluding hydrogens is 248 g/mol. The molecule has 1 fully saturated rings. The first-order valence-corrected chi connectivity index (χ1v) is 6.95. The second-order valence-corrected chi connectivity index (χ2v) is 5.47. The van der Waals surface area contributed by atoms with Crippen LogP contribution in [-0.2, 0) is 4.74 Å². The molecule has 2 heterocycles. The second kappa shape index (κ2) is 4.74. The number of fused-ring (bicyclic) bond motifs is 1. The van der Waals surface area contributed by atoms with Gasteiger partial charge in [-0.3, -0.25) is 0 Å². The number of benzene rings is 1. The zero-order valence-electron chi connectivity index (χ0n) is 10.3. The van der Waals surface area contributed by atoms with E-state index in [2.05, 4.69) is 11.1 Å². The lowest BCUT2D eigenvalue weighted by Gasteiger charge is -2.23. The minimum absolute atomic E-state index is 0.173. The Morgan fingerprint density at radius 1 is 1.44 bits per heavy atom. The van der Waals surface area contributed by atoms with Gasteiger partial charge in [-0.05, 0) is 25.3 Å². The lowest BCUT2D eigenvalue weighted by molar-refractivity contribution is 0.0159. The first kappa shape index (κ1) is 11.7. The Kier molecular flexibility index (Phi) is 3.09. The van der Waals surface area contributed by atoms with E-state index < -0.39 is 0 Å². The maximum atomic E-state index is 5.85. The van der Waals surface area contributed by atoms with Crippen LogP contribution in [0.5, 0.6) is 5.75 Å². The number of nitrogen functional groups attached to an aromatic ring is 1. The van der Waals surface area contributed by atoms with Crippen molar-refractivity contribution in [1.29, 1.82) is 0 Å². The van der Waals surface area contributed by atoms with E-state index >= 15 is 0 Å². The average molecular weight is 264 g/mol. The molecule has 1 aromatic heterocycles. The van der Waals surface area contributed by atoms with Crippen molar-refractivity contribution in [2.75, 3.05) is 19.5 Å². The number of thiazole rings is 1. The fourth-order valence-corrected chi connectivity index (χ4v) is 3.33. The molecule has 0 saturated carbocycles. The third-order valence-corrected chi connectivity index (χ3v) is 4.23. The van der Waals surface area contributed by atoms with Crippen LogP contribution in [0, 0.1) is 0 Å². The molecule has 2 N–H and O–H groups in total. The number of hydrogen-bond acceptors (Lipinski definition) is 5. The first-order chi connectivity index (χ1) is 8.79. The van der Waals surface area contributed by atoms with Crippen LogP contribution in [0.25, 0.3) is 10.2 Å². The molecule has 1 saturated heterocycles. The Morgan fingerprint density at radius 3 is 3.06 bits per heavy atom. The second-order valence-electron chi connectivity index (χ2n) is 4.44. The fraction of sp³-hybridized carbons (Fsp3) is 0.462. The van der Waals surface area contributed by atoms with Crippen LogP contribution in [-0.4, -0.2) is 18.7 Å². The summed E-state index contributed by atoms with van der Waals surface area (Å²) in [5.41, 5.74) is 7.87. The largest absolute Gasteiger partial charge is 0.494 e. The van der Waals surface area contributed by atoms with E-state index in [0.717, 1.165) is 35.4 Å². The summed E-state index contributed by atoms with van der Waals surface area (Å²) in [5, 5.41) is 0.576. The standard InChI is InChI=1S/C13H16N2O2S/c1-16-10-6-5-8(9-4-2-3-7-17-9)12-11(10)15-13(14)18-12/h5-6,9H,2-4,7H2,1H3,(H2,14,15). The van der Waals surface area contributed by atoms with Gasteiger partial charge in [-0.2, -0.15) is 0 Å². The third-order valence-electron chi connectivity index (χ3n) is 3.30. The zero-order valence-corrected chi connectivity index (χ0v) is 11.1. The Labute approximate surface area is 110 Å². The number of hydrogen-bond donors (Lipinski definition) is 1. The number of aromatic nitrogens is 1. The summed E-state index contributed by atoms with van der Waals surface area (Å²) in [6.45, 7) is 0.840. The number of rotatable bonds is 2. The van der Waals surface area contributed by atoms with E-state index in [1.807, 2.05) is 6.07 Å². The SMILES string of the molecule is COc1ccc(C2CCCCO2)c2sc(N)nc12. The van der Waals surface area contributed by atoms with E-state index in [1.165, 1.54) is 23.3 Å². The summed E-state index contributed by atoms with van der Waals surface area (Å²) in [6.07, 6.45) is 3.61. The van der Waals surface area contributed by atoms with Gasteiger partial charge in [0.15, 0.2) is 5.13 Å².